The summed E-state index contributed by atoms with van der Waals surface area (Å²) < 4.78 is 0. The van der Waals surface area contributed by atoms with Gasteiger partial charge in [-0.15, -0.1) is 11.3 Å². The largest absolute Gasteiger partial charge is 0.363 e. The molecule has 0 saturated carbocycles. The van der Waals surface area contributed by atoms with Crippen LogP contribution in [0.4, 0.5) is 5.82 Å². The van der Waals surface area contributed by atoms with Crippen LogP contribution in [-0.4, -0.2) is 9.97 Å². The summed E-state index contributed by atoms with van der Waals surface area (Å²) in [5.41, 5.74) is 2.42. The van der Waals surface area contributed by atoms with E-state index in [2.05, 4.69) is 49.0 Å². The van der Waals surface area contributed by atoms with Crippen molar-refractivity contribution in [2.24, 2.45) is 0 Å². The number of hydrogen-bond donors (Lipinski definition) is 1. The minimum atomic E-state index is 0.273. The molecule has 3 nitrogen and oxygen atoms in total. The van der Waals surface area contributed by atoms with Crippen molar-refractivity contribution in [1.82, 2.24) is 9.97 Å². The Hall–Kier alpha value is -1.42. The molecule has 1 N–H and O–H groups in total. The Morgan fingerprint density at radius 1 is 1.28 bits per heavy atom. The second-order valence-electron chi connectivity index (χ2n) is 4.48. The van der Waals surface area contributed by atoms with Crippen molar-refractivity contribution in [1.29, 1.82) is 0 Å². The van der Waals surface area contributed by atoms with E-state index in [1.807, 2.05) is 17.4 Å². The van der Waals surface area contributed by atoms with Gasteiger partial charge in [0.05, 0.1) is 6.04 Å². The Morgan fingerprint density at radius 3 is 2.67 bits per heavy atom. The molecule has 0 radical (unpaired) electrons. The topological polar surface area (TPSA) is 37.8 Å². The van der Waals surface area contributed by atoms with Crippen molar-refractivity contribution < 1.29 is 0 Å². The Kier molecular flexibility index (Phi) is 3.97. The summed E-state index contributed by atoms with van der Waals surface area (Å²) in [6.45, 7) is 8.58. The number of anilines is 1. The summed E-state index contributed by atoms with van der Waals surface area (Å²) in [6.07, 6.45) is 2.56. The van der Waals surface area contributed by atoms with E-state index in [1.165, 1.54) is 15.3 Å². The molecule has 2 aromatic heterocycles. The first-order chi connectivity index (χ1) is 8.60. The molecule has 0 aliphatic rings. The number of nitrogens with one attached hydrogen (secondary N) is 1. The van der Waals surface area contributed by atoms with E-state index in [1.54, 1.807) is 6.33 Å². The SMILES string of the molecule is CCc1cc(NC(C)c2cc(C)sc2C)ncn1. The van der Waals surface area contributed by atoms with E-state index >= 15 is 0 Å². The molecule has 2 aromatic rings. The van der Waals surface area contributed by atoms with Gasteiger partial charge in [0.25, 0.3) is 0 Å². The number of aryl methyl sites for hydroxylation is 3. The number of thiophene rings is 1. The molecule has 1 unspecified atom stereocenters. The minimum absolute atomic E-state index is 0.273. The molecule has 2 heterocycles. The first-order valence-electron chi connectivity index (χ1n) is 6.24. The van der Waals surface area contributed by atoms with Crippen molar-refractivity contribution in [3.63, 3.8) is 0 Å². The molecule has 0 bridgehead atoms. The maximum absolute atomic E-state index is 4.27. The lowest BCUT2D eigenvalue weighted by atomic mass is 10.1. The quantitative estimate of drug-likeness (QED) is 0.907. The lowest BCUT2D eigenvalue weighted by molar-refractivity contribution is 0.864. The van der Waals surface area contributed by atoms with Gasteiger partial charge >= 0.3 is 0 Å². The van der Waals surface area contributed by atoms with Gasteiger partial charge in [0, 0.05) is 21.5 Å². The van der Waals surface area contributed by atoms with Crippen LogP contribution in [0.2, 0.25) is 0 Å². The summed E-state index contributed by atoms with van der Waals surface area (Å²) in [5.74, 6) is 0.901. The van der Waals surface area contributed by atoms with Crippen LogP contribution >= 0.6 is 11.3 Å². The van der Waals surface area contributed by atoms with Crippen molar-refractivity contribution in [3.8, 4) is 0 Å². The summed E-state index contributed by atoms with van der Waals surface area (Å²) in [7, 11) is 0. The fourth-order valence-electron chi connectivity index (χ4n) is 2.05. The van der Waals surface area contributed by atoms with E-state index in [0.29, 0.717) is 0 Å². The van der Waals surface area contributed by atoms with Crippen LogP contribution in [0.1, 0.15) is 40.9 Å². The highest BCUT2D eigenvalue weighted by Gasteiger charge is 2.11. The molecular weight excluding hydrogens is 242 g/mol. The molecule has 0 spiro atoms. The molecule has 0 fully saturated rings. The van der Waals surface area contributed by atoms with E-state index in [-0.39, 0.29) is 6.04 Å². The first-order valence-corrected chi connectivity index (χ1v) is 7.06. The van der Waals surface area contributed by atoms with Gasteiger partial charge in [-0.2, -0.15) is 0 Å². The highest BCUT2D eigenvalue weighted by Crippen LogP contribution is 2.28. The third-order valence-electron chi connectivity index (χ3n) is 3.00. The molecule has 2 rings (SSSR count). The Bertz CT molecular complexity index is 534. The zero-order valence-corrected chi connectivity index (χ0v) is 12.1. The number of nitrogens with zero attached hydrogens (tertiary/aromatic N) is 2. The van der Waals surface area contributed by atoms with E-state index in [9.17, 15) is 0 Å². The number of rotatable bonds is 4. The molecular formula is C14H19N3S. The fraction of sp³-hybridized carbons (Fsp3) is 0.429. The van der Waals surface area contributed by atoms with Gasteiger partial charge in [0.1, 0.15) is 12.1 Å². The van der Waals surface area contributed by atoms with Crippen LogP contribution in [0.15, 0.2) is 18.5 Å². The summed E-state index contributed by atoms with van der Waals surface area (Å²) in [5, 5.41) is 3.44. The molecule has 0 aliphatic carbocycles. The van der Waals surface area contributed by atoms with Gasteiger partial charge in [0.2, 0.25) is 0 Å². The molecule has 96 valence electrons. The van der Waals surface area contributed by atoms with Gasteiger partial charge in [-0.1, -0.05) is 6.92 Å². The molecule has 0 aliphatic heterocycles. The van der Waals surface area contributed by atoms with Crippen LogP contribution in [-0.2, 0) is 6.42 Å². The predicted molar refractivity (Wildman–Crippen MR) is 77.2 cm³/mol. The minimum Gasteiger partial charge on any atom is -0.363 e. The lowest BCUT2D eigenvalue weighted by Crippen LogP contribution is -2.08. The zero-order chi connectivity index (χ0) is 13.1. The first kappa shape index (κ1) is 13.0. The molecule has 1 atom stereocenters. The molecule has 0 aromatic carbocycles. The third kappa shape index (κ3) is 2.88. The number of hydrogen-bond acceptors (Lipinski definition) is 4. The average molecular weight is 261 g/mol. The molecule has 0 amide bonds. The monoisotopic (exact) mass is 261 g/mol. The van der Waals surface area contributed by atoms with Crippen molar-refractivity contribution in [2.75, 3.05) is 5.32 Å². The van der Waals surface area contributed by atoms with Crippen LogP contribution in [0.5, 0.6) is 0 Å². The van der Waals surface area contributed by atoms with E-state index in [4.69, 9.17) is 0 Å². The highest BCUT2D eigenvalue weighted by molar-refractivity contribution is 7.12. The van der Waals surface area contributed by atoms with E-state index in [0.717, 1.165) is 17.9 Å². The summed E-state index contributed by atoms with van der Waals surface area (Å²) >= 11 is 1.84. The lowest BCUT2D eigenvalue weighted by Gasteiger charge is -2.14. The Labute approximate surface area is 112 Å². The Morgan fingerprint density at radius 2 is 2.06 bits per heavy atom. The van der Waals surface area contributed by atoms with Gasteiger partial charge in [-0.3, -0.25) is 0 Å². The van der Waals surface area contributed by atoms with Gasteiger partial charge in [-0.05, 0) is 38.8 Å². The van der Waals surface area contributed by atoms with Crippen LogP contribution in [0.25, 0.3) is 0 Å². The third-order valence-corrected chi connectivity index (χ3v) is 3.98. The Balaban J connectivity index is 2.15. The summed E-state index contributed by atoms with van der Waals surface area (Å²) in [6, 6.07) is 4.54. The standard InChI is InChI=1S/C14H19N3S/c1-5-12-7-14(16-8-15-12)17-10(3)13-6-9(2)18-11(13)4/h6-8,10H,5H2,1-4H3,(H,15,16,17). The van der Waals surface area contributed by atoms with Crippen molar-refractivity contribution >= 4 is 17.2 Å². The number of aromatic nitrogens is 2. The highest BCUT2D eigenvalue weighted by atomic mass is 32.1. The normalized spacial score (nSPS) is 12.4. The van der Waals surface area contributed by atoms with Crippen LogP contribution in [0.3, 0.4) is 0 Å². The predicted octanol–water partition coefficient (Wildman–Crippen LogP) is 3.89. The second kappa shape index (κ2) is 5.48. The molecule has 4 heteroatoms. The average Bonchev–Trinajstić information content (AvgIpc) is 2.69. The van der Waals surface area contributed by atoms with Crippen molar-refractivity contribution in [2.45, 2.75) is 40.2 Å². The molecule has 0 saturated heterocycles. The summed E-state index contributed by atoms with van der Waals surface area (Å²) in [4.78, 5) is 11.2. The maximum atomic E-state index is 4.27. The van der Waals surface area contributed by atoms with E-state index < -0.39 is 0 Å². The van der Waals surface area contributed by atoms with Crippen LogP contribution < -0.4 is 5.32 Å². The second-order valence-corrected chi connectivity index (χ2v) is 5.94. The molecule has 18 heavy (non-hydrogen) atoms. The maximum Gasteiger partial charge on any atom is 0.130 e. The van der Waals surface area contributed by atoms with Crippen LogP contribution in [0, 0.1) is 13.8 Å². The van der Waals surface area contributed by atoms with Gasteiger partial charge in [-0.25, -0.2) is 9.97 Å². The smallest absolute Gasteiger partial charge is 0.130 e. The van der Waals surface area contributed by atoms with Gasteiger partial charge < -0.3 is 5.32 Å². The zero-order valence-electron chi connectivity index (χ0n) is 11.3. The fourth-order valence-corrected chi connectivity index (χ4v) is 3.07. The van der Waals surface area contributed by atoms with Crippen molar-refractivity contribution in [3.05, 3.63) is 39.5 Å². The van der Waals surface area contributed by atoms with Gasteiger partial charge in [0.15, 0.2) is 0 Å².